The van der Waals surface area contributed by atoms with Gasteiger partial charge in [0.1, 0.15) is 0 Å². The maximum atomic E-state index is 12.2. The Morgan fingerprint density at radius 2 is 1.89 bits per heavy atom. The van der Waals surface area contributed by atoms with Crippen LogP contribution in [0, 0.1) is 0 Å². The van der Waals surface area contributed by atoms with Crippen molar-refractivity contribution >= 4 is 16.1 Å². The van der Waals surface area contributed by atoms with Gasteiger partial charge in [0.15, 0.2) is 0 Å². The second-order valence-electron chi connectivity index (χ2n) is 6.44. The molecule has 1 rings (SSSR count). The molecule has 0 atom stereocenters. The van der Waals surface area contributed by atoms with Crippen LogP contribution >= 0.6 is 0 Å². The second-order valence-corrected chi connectivity index (χ2v) is 8.93. The predicted octanol–water partition coefficient (Wildman–Crippen LogP) is 3.07. The first-order chi connectivity index (χ1) is 12.5. The van der Waals surface area contributed by atoms with Crippen LogP contribution in [0.25, 0.3) is 0 Å². The van der Waals surface area contributed by atoms with Crippen LogP contribution in [0.3, 0.4) is 0 Å². The molecular weight excluding hydrogens is 383 g/mol. The van der Waals surface area contributed by atoms with Gasteiger partial charge >= 0.3 is 12.2 Å². The summed E-state index contributed by atoms with van der Waals surface area (Å²) < 4.78 is 62.2. The lowest BCUT2D eigenvalue weighted by Crippen LogP contribution is -2.49. The summed E-state index contributed by atoms with van der Waals surface area (Å²) >= 11 is 0. The number of sulfonamides is 1. The minimum Gasteiger partial charge on any atom is -0.335 e. The summed E-state index contributed by atoms with van der Waals surface area (Å²) in [6, 6.07) is -0.780. The molecule has 0 aromatic rings. The van der Waals surface area contributed by atoms with Crippen LogP contribution in [0.5, 0.6) is 0 Å². The van der Waals surface area contributed by atoms with E-state index in [9.17, 15) is 26.4 Å². The number of carbonyl (C=O) groups is 1. The van der Waals surface area contributed by atoms with Crippen LogP contribution in [0.2, 0.25) is 0 Å². The number of carbonyl (C=O) groups excluding carboxylic acids is 1. The summed E-state index contributed by atoms with van der Waals surface area (Å²) in [6.45, 7) is 7.32. The van der Waals surface area contributed by atoms with Gasteiger partial charge in [-0.05, 0) is 38.8 Å². The lowest BCUT2D eigenvalue weighted by Gasteiger charge is -2.32. The van der Waals surface area contributed by atoms with Crippen LogP contribution < -0.4 is 10.6 Å². The molecule has 27 heavy (non-hydrogen) atoms. The molecule has 1 heterocycles. The first-order valence-corrected chi connectivity index (χ1v) is 10.1. The van der Waals surface area contributed by atoms with E-state index in [1.165, 1.54) is 16.5 Å². The molecule has 6 nitrogen and oxygen atoms in total. The van der Waals surface area contributed by atoms with Crippen molar-refractivity contribution in [1.29, 1.82) is 0 Å². The van der Waals surface area contributed by atoms with Gasteiger partial charge in [-0.3, -0.25) is 0 Å². The molecule has 0 aromatic carbocycles. The standard InChI is InChI=1S/C17H26F3N3O3S/c1-4-6-14(7-5-10-17(18,19)20)21-16(24)22-15-8-11-23(12-9-15)27(25,26)13(2)3/h4-7,13,15H,1,8-12H2,2-3H3,(H2,21,22,24)/b7-5-,14-6+. The third kappa shape index (κ3) is 8.17. The van der Waals surface area contributed by atoms with Gasteiger partial charge in [0, 0.05) is 24.8 Å². The van der Waals surface area contributed by atoms with Gasteiger partial charge in [-0.25, -0.2) is 17.5 Å². The molecule has 0 radical (unpaired) electrons. The average molecular weight is 409 g/mol. The highest BCUT2D eigenvalue weighted by atomic mass is 32.2. The van der Waals surface area contributed by atoms with E-state index in [4.69, 9.17) is 0 Å². The first-order valence-electron chi connectivity index (χ1n) is 8.58. The summed E-state index contributed by atoms with van der Waals surface area (Å²) in [5, 5.41) is 4.68. The van der Waals surface area contributed by atoms with Crippen LogP contribution in [0.15, 0.2) is 36.6 Å². The highest BCUT2D eigenvalue weighted by Crippen LogP contribution is 2.20. The van der Waals surface area contributed by atoms with Gasteiger partial charge in [-0.2, -0.15) is 13.2 Å². The van der Waals surface area contributed by atoms with Gasteiger partial charge in [0.25, 0.3) is 0 Å². The molecule has 0 spiro atoms. The number of urea groups is 1. The summed E-state index contributed by atoms with van der Waals surface area (Å²) in [4.78, 5) is 12.1. The van der Waals surface area contributed by atoms with Crippen molar-refractivity contribution in [2.45, 2.75) is 50.6 Å². The van der Waals surface area contributed by atoms with E-state index in [1.807, 2.05) is 0 Å². The van der Waals surface area contributed by atoms with Crippen LogP contribution in [-0.2, 0) is 10.0 Å². The second kappa shape index (κ2) is 9.93. The molecule has 0 aromatic heterocycles. The Morgan fingerprint density at radius 1 is 1.30 bits per heavy atom. The number of halogens is 3. The molecule has 0 bridgehead atoms. The number of amides is 2. The Morgan fingerprint density at radius 3 is 2.37 bits per heavy atom. The van der Waals surface area contributed by atoms with E-state index in [2.05, 4.69) is 17.2 Å². The number of hydrogen-bond donors (Lipinski definition) is 2. The number of nitrogens with one attached hydrogen (secondary N) is 2. The molecule has 0 unspecified atom stereocenters. The Labute approximate surface area is 158 Å². The third-order valence-corrected chi connectivity index (χ3v) is 6.22. The smallest absolute Gasteiger partial charge is 0.335 e. The van der Waals surface area contributed by atoms with E-state index in [0.717, 1.165) is 12.2 Å². The molecule has 154 valence electrons. The van der Waals surface area contributed by atoms with Crippen molar-refractivity contribution in [1.82, 2.24) is 14.9 Å². The van der Waals surface area contributed by atoms with Gasteiger partial charge in [0.2, 0.25) is 10.0 Å². The van der Waals surface area contributed by atoms with Crippen LogP contribution in [0.1, 0.15) is 33.1 Å². The van der Waals surface area contributed by atoms with E-state index >= 15 is 0 Å². The minimum absolute atomic E-state index is 0.173. The van der Waals surface area contributed by atoms with Gasteiger partial charge in [-0.1, -0.05) is 18.7 Å². The normalized spacial score (nSPS) is 18.1. The Bertz CT molecular complexity index is 677. The molecule has 1 aliphatic heterocycles. The first kappa shape index (κ1) is 23.2. The number of hydrogen-bond acceptors (Lipinski definition) is 3. The molecule has 0 aliphatic carbocycles. The zero-order chi connectivity index (χ0) is 20.7. The van der Waals surface area contributed by atoms with E-state index in [0.29, 0.717) is 25.9 Å². The molecule has 1 aliphatic rings. The van der Waals surface area contributed by atoms with Crippen molar-refractivity contribution in [3.63, 3.8) is 0 Å². The third-order valence-electron chi connectivity index (χ3n) is 3.95. The highest BCUT2D eigenvalue weighted by molar-refractivity contribution is 7.89. The minimum atomic E-state index is -4.32. The average Bonchev–Trinajstić information content (AvgIpc) is 2.54. The number of alkyl halides is 3. The largest absolute Gasteiger partial charge is 0.392 e. The van der Waals surface area contributed by atoms with Crippen molar-refractivity contribution < 1.29 is 26.4 Å². The van der Waals surface area contributed by atoms with Crippen molar-refractivity contribution in [2.75, 3.05) is 13.1 Å². The molecule has 1 saturated heterocycles. The lowest BCUT2D eigenvalue weighted by atomic mass is 10.1. The van der Waals surface area contributed by atoms with E-state index < -0.39 is 33.9 Å². The topological polar surface area (TPSA) is 78.5 Å². The Hall–Kier alpha value is -1.81. The fourth-order valence-corrected chi connectivity index (χ4v) is 3.81. The number of rotatable bonds is 7. The van der Waals surface area contributed by atoms with Crippen molar-refractivity contribution in [2.24, 2.45) is 0 Å². The molecule has 1 fully saturated rings. The monoisotopic (exact) mass is 409 g/mol. The maximum Gasteiger partial charge on any atom is 0.392 e. The number of nitrogens with zero attached hydrogens (tertiary/aromatic N) is 1. The van der Waals surface area contributed by atoms with Crippen LogP contribution in [-0.4, -0.2) is 49.3 Å². The molecule has 10 heteroatoms. The van der Waals surface area contributed by atoms with Crippen molar-refractivity contribution in [3.8, 4) is 0 Å². The van der Waals surface area contributed by atoms with Crippen LogP contribution in [0.4, 0.5) is 18.0 Å². The predicted molar refractivity (Wildman–Crippen MR) is 98.4 cm³/mol. The maximum absolute atomic E-state index is 12.2. The van der Waals surface area contributed by atoms with Gasteiger partial charge in [-0.15, -0.1) is 0 Å². The molecular formula is C17H26F3N3O3S. The Kier molecular flexibility index (Phi) is 8.55. The molecule has 0 saturated carbocycles. The summed E-state index contributed by atoms with van der Waals surface area (Å²) in [5.74, 6) is 0. The zero-order valence-corrected chi connectivity index (χ0v) is 16.2. The number of allylic oxidation sites excluding steroid dienone is 4. The van der Waals surface area contributed by atoms with Crippen molar-refractivity contribution in [3.05, 3.63) is 36.6 Å². The van der Waals surface area contributed by atoms with Gasteiger partial charge in [0.05, 0.1) is 11.7 Å². The fraction of sp³-hybridized carbons (Fsp3) is 0.588. The van der Waals surface area contributed by atoms with E-state index in [-0.39, 0.29) is 11.7 Å². The fourth-order valence-electron chi connectivity index (χ4n) is 2.49. The lowest BCUT2D eigenvalue weighted by molar-refractivity contribution is -0.125. The highest BCUT2D eigenvalue weighted by Gasteiger charge is 2.30. The SMILES string of the molecule is C=C/C=C(\C=C/CC(F)(F)F)NC(=O)NC1CCN(S(=O)(=O)C(C)C)CC1. The summed E-state index contributed by atoms with van der Waals surface area (Å²) in [6.07, 6.45) is 0.300. The van der Waals surface area contributed by atoms with E-state index in [1.54, 1.807) is 13.8 Å². The molecule has 2 amide bonds. The Balaban J connectivity index is 2.54. The summed E-state index contributed by atoms with van der Waals surface area (Å²) in [7, 11) is -3.32. The number of piperidine rings is 1. The quantitative estimate of drug-likeness (QED) is 0.635. The van der Waals surface area contributed by atoms with Gasteiger partial charge < -0.3 is 10.6 Å². The molecule has 2 N–H and O–H groups in total. The summed E-state index contributed by atoms with van der Waals surface area (Å²) in [5.41, 5.74) is 0.173. The zero-order valence-electron chi connectivity index (χ0n) is 15.4.